The highest BCUT2D eigenvalue weighted by molar-refractivity contribution is 6.22. The SMILES string of the molecule is Cc1cccc(C(CCl)(CCl)Cc2ccccc2F)c1. The highest BCUT2D eigenvalue weighted by Crippen LogP contribution is 2.32. The third kappa shape index (κ3) is 3.16. The third-order valence-electron chi connectivity index (χ3n) is 3.63. The summed E-state index contributed by atoms with van der Waals surface area (Å²) in [6, 6.07) is 14.9. The van der Waals surface area contributed by atoms with Gasteiger partial charge in [0.2, 0.25) is 0 Å². The molecule has 106 valence electrons. The maximum Gasteiger partial charge on any atom is 0.126 e. The van der Waals surface area contributed by atoms with Gasteiger partial charge in [0.05, 0.1) is 0 Å². The van der Waals surface area contributed by atoms with E-state index in [0.717, 1.165) is 11.1 Å². The average Bonchev–Trinajstić information content (AvgIpc) is 2.47. The maximum absolute atomic E-state index is 13.9. The topological polar surface area (TPSA) is 0 Å². The maximum atomic E-state index is 13.9. The van der Waals surface area contributed by atoms with E-state index in [1.54, 1.807) is 12.1 Å². The van der Waals surface area contributed by atoms with Crippen molar-refractivity contribution in [3.8, 4) is 0 Å². The summed E-state index contributed by atoms with van der Waals surface area (Å²) >= 11 is 12.4. The van der Waals surface area contributed by atoms with E-state index in [4.69, 9.17) is 23.2 Å². The minimum absolute atomic E-state index is 0.209. The van der Waals surface area contributed by atoms with Crippen LogP contribution in [0.4, 0.5) is 4.39 Å². The zero-order valence-corrected chi connectivity index (χ0v) is 12.9. The van der Waals surface area contributed by atoms with Gasteiger partial charge in [0.15, 0.2) is 0 Å². The van der Waals surface area contributed by atoms with Crippen LogP contribution in [0, 0.1) is 12.7 Å². The lowest BCUT2D eigenvalue weighted by Crippen LogP contribution is -2.33. The van der Waals surface area contributed by atoms with Crippen LogP contribution in [0.5, 0.6) is 0 Å². The Morgan fingerprint density at radius 2 is 1.70 bits per heavy atom. The van der Waals surface area contributed by atoms with Crippen molar-refractivity contribution in [1.29, 1.82) is 0 Å². The Hall–Kier alpha value is -1.05. The molecule has 0 radical (unpaired) electrons. The molecule has 0 atom stereocenters. The van der Waals surface area contributed by atoms with Crippen molar-refractivity contribution in [3.05, 3.63) is 71.0 Å². The zero-order chi connectivity index (χ0) is 14.6. The Kier molecular flexibility index (Phi) is 5.06. The van der Waals surface area contributed by atoms with Gasteiger partial charge in [-0.2, -0.15) is 0 Å². The number of rotatable bonds is 5. The Labute approximate surface area is 129 Å². The van der Waals surface area contributed by atoms with Crippen molar-refractivity contribution in [3.63, 3.8) is 0 Å². The first kappa shape index (κ1) is 15.3. The minimum atomic E-state index is -0.447. The van der Waals surface area contributed by atoms with Crippen LogP contribution in [-0.4, -0.2) is 11.8 Å². The molecule has 0 saturated carbocycles. The highest BCUT2D eigenvalue weighted by atomic mass is 35.5. The van der Waals surface area contributed by atoms with Crippen LogP contribution in [0.1, 0.15) is 16.7 Å². The molecule has 2 aromatic rings. The second-order valence-corrected chi connectivity index (χ2v) is 5.72. The van der Waals surface area contributed by atoms with Crippen molar-refractivity contribution in [2.45, 2.75) is 18.8 Å². The van der Waals surface area contributed by atoms with E-state index in [-0.39, 0.29) is 5.82 Å². The standard InChI is InChI=1S/C17H17Cl2F/c1-13-5-4-7-15(9-13)17(11-18,12-19)10-14-6-2-3-8-16(14)20/h2-9H,10-12H2,1H3. The van der Waals surface area contributed by atoms with E-state index in [2.05, 4.69) is 6.07 Å². The van der Waals surface area contributed by atoms with Gasteiger partial charge >= 0.3 is 0 Å². The lowest BCUT2D eigenvalue weighted by molar-refractivity contribution is 0.512. The summed E-state index contributed by atoms with van der Waals surface area (Å²) in [4.78, 5) is 0. The second kappa shape index (κ2) is 6.60. The smallest absolute Gasteiger partial charge is 0.126 e. The van der Waals surface area contributed by atoms with Crippen LogP contribution < -0.4 is 0 Å². The quantitative estimate of drug-likeness (QED) is 0.675. The molecular formula is C17H17Cl2F. The van der Waals surface area contributed by atoms with Crippen LogP contribution >= 0.6 is 23.2 Å². The van der Waals surface area contributed by atoms with Crippen molar-refractivity contribution in [2.24, 2.45) is 0 Å². The first-order valence-electron chi connectivity index (χ1n) is 6.54. The molecule has 0 N–H and O–H groups in total. The molecule has 3 heteroatoms. The number of alkyl halides is 2. The fraction of sp³-hybridized carbons (Fsp3) is 0.294. The predicted molar refractivity (Wildman–Crippen MR) is 84.4 cm³/mol. The van der Waals surface area contributed by atoms with Crippen LogP contribution in [-0.2, 0) is 11.8 Å². The van der Waals surface area contributed by atoms with Gasteiger partial charge in [0.1, 0.15) is 5.82 Å². The van der Waals surface area contributed by atoms with Crippen molar-refractivity contribution in [2.75, 3.05) is 11.8 Å². The van der Waals surface area contributed by atoms with Crippen LogP contribution in [0.3, 0.4) is 0 Å². The normalized spacial score (nSPS) is 11.6. The van der Waals surface area contributed by atoms with Gasteiger partial charge in [0, 0.05) is 17.2 Å². The molecule has 0 amide bonds. The Morgan fingerprint density at radius 3 is 2.30 bits per heavy atom. The fourth-order valence-corrected chi connectivity index (χ4v) is 3.15. The second-order valence-electron chi connectivity index (χ2n) is 5.19. The zero-order valence-electron chi connectivity index (χ0n) is 11.4. The number of aryl methyl sites for hydroxylation is 1. The number of hydrogen-bond acceptors (Lipinski definition) is 0. The molecule has 0 heterocycles. The third-order valence-corrected chi connectivity index (χ3v) is 4.65. The summed E-state index contributed by atoms with van der Waals surface area (Å²) in [7, 11) is 0. The van der Waals surface area contributed by atoms with Crippen molar-refractivity contribution < 1.29 is 4.39 Å². The Bertz CT molecular complexity index is 577. The van der Waals surface area contributed by atoms with Crippen LogP contribution in [0.25, 0.3) is 0 Å². The summed E-state index contributed by atoms with van der Waals surface area (Å²) in [6.07, 6.45) is 0.496. The van der Waals surface area contributed by atoms with Crippen LogP contribution in [0.2, 0.25) is 0 Å². The monoisotopic (exact) mass is 310 g/mol. The molecule has 0 aliphatic heterocycles. The Morgan fingerprint density at radius 1 is 1.00 bits per heavy atom. The molecular weight excluding hydrogens is 294 g/mol. The van der Waals surface area contributed by atoms with Gasteiger partial charge in [-0.25, -0.2) is 4.39 Å². The summed E-state index contributed by atoms with van der Waals surface area (Å²) in [5.74, 6) is 0.502. The van der Waals surface area contributed by atoms with Gasteiger partial charge in [-0.05, 0) is 30.5 Å². The lowest BCUT2D eigenvalue weighted by Gasteiger charge is -2.31. The van der Waals surface area contributed by atoms with Gasteiger partial charge < -0.3 is 0 Å². The van der Waals surface area contributed by atoms with Crippen LogP contribution in [0.15, 0.2) is 48.5 Å². The molecule has 0 bridgehead atoms. The number of benzene rings is 2. The van der Waals surface area contributed by atoms with Crippen molar-refractivity contribution in [1.82, 2.24) is 0 Å². The summed E-state index contributed by atoms with van der Waals surface area (Å²) in [5, 5.41) is 0. The molecule has 0 aliphatic carbocycles. The fourth-order valence-electron chi connectivity index (χ4n) is 2.37. The van der Waals surface area contributed by atoms with Crippen molar-refractivity contribution >= 4 is 23.2 Å². The number of hydrogen-bond donors (Lipinski definition) is 0. The van der Waals surface area contributed by atoms with E-state index < -0.39 is 5.41 Å². The molecule has 0 nitrogen and oxygen atoms in total. The molecule has 2 aromatic carbocycles. The molecule has 0 aliphatic rings. The Balaban J connectivity index is 2.42. The molecule has 20 heavy (non-hydrogen) atoms. The van der Waals surface area contributed by atoms with Gasteiger partial charge in [-0.1, -0.05) is 48.0 Å². The summed E-state index contributed by atoms with van der Waals surface area (Å²) in [5.41, 5.74) is 2.41. The minimum Gasteiger partial charge on any atom is -0.207 e. The average molecular weight is 311 g/mol. The van der Waals surface area contributed by atoms with Gasteiger partial charge in [-0.3, -0.25) is 0 Å². The molecule has 0 fully saturated rings. The molecule has 0 saturated heterocycles. The predicted octanol–water partition coefficient (Wildman–Crippen LogP) is 5.09. The first-order valence-corrected chi connectivity index (χ1v) is 7.61. The molecule has 0 spiro atoms. The van der Waals surface area contributed by atoms with E-state index in [0.29, 0.717) is 23.7 Å². The summed E-state index contributed by atoms with van der Waals surface area (Å²) < 4.78 is 13.9. The molecule has 0 unspecified atom stereocenters. The first-order chi connectivity index (χ1) is 9.61. The van der Waals surface area contributed by atoms with E-state index in [1.807, 2.05) is 31.2 Å². The van der Waals surface area contributed by atoms with Gasteiger partial charge in [-0.15, -0.1) is 23.2 Å². The summed E-state index contributed by atoms with van der Waals surface area (Å²) in [6.45, 7) is 2.03. The number of halogens is 3. The van der Waals surface area contributed by atoms with E-state index in [9.17, 15) is 4.39 Å². The lowest BCUT2D eigenvalue weighted by atomic mass is 9.78. The highest BCUT2D eigenvalue weighted by Gasteiger charge is 2.32. The largest absolute Gasteiger partial charge is 0.207 e. The van der Waals surface area contributed by atoms with E-state index >= 15 is 0 Å². The van der Waals surface area contributed by atoms with E-state index in [1.165, 1.54) is 6.07 Å². The molecule has 0 aromatic heterocycles. The molecule has 2 rings (SSSR count). The van der Waals surface area contributed by atoms with Gasteiger partial charge in [0.25, 0.3) is 0 Å².